The Morgan fingerprint density at radius 1 is 1.40 bits per heavy atom. The van der Waals surface area contributed by atoms with Gasteiger partial charge in [0.25, 0.3) is 5.91 Å². The molecule has 3 N–H and O–H groups in total. The van der Waals surface area contributed by atoms with Crippen molar-refractivity contribution in [2.75, 3.05) is 0 Å². The maximum atomic E-state index is 12.1. The van der Waals surface area contributed by atoms with Gasteiger partial charge in [0.05, 0.1) is 11.9 Å². The van der Waals surface area contributed by atoms with E-state index < -0.39 is 17.9 Å². The number of rotatable bonds is 5. The number of imidazole rings is 1. The Morgan fingerprint density at radius 3 is 2.75 bits per heavy atom. The molecule has 0 unspecified atom stereocenters. The van der Waals surface area contributed by atoms with Gasteiger partial charge in [0.15, 0.2) is 0 Å². The van der Waals surface area contributed by atoms with Gasteiger partial charge in [-0.2, -0.15) is 0 Å². The molecule has 1 aromatic heterocycles. The second kappa shape index (κ2) is 6.51. The van der Waals surface area contributed by atoms with E-state index in [0.717, 1.165) is 3.57 Å². The van der Waals surface area contributed by atoms with Crippen LogP contribution in [0.3, 0.4) is 0 Å². The second-order valence-corrected chi connectivity index (χ2v) is 5.29. The minimum atomic E-state index is -1.08. The zero-order valence-corrected chi connectivity index (χ0v) is 12.5. The number of nitrogens with zero attached hydrogens (tertiary/aromatic N) is 1. The number of carbonyl (C=O) groups is 2. The lowest BCUT2D eigenvalue weighted by Crippen LogP contribution is -2.42. The third kappa shape index (κ3) is 3.56. The SMILES string of the molecule is O=C(N[C@H](Cc1cnc[nH]1)C(=O)O)c1ccccc1I. The molecule has 104 valence electrons. The van der Waals surface area contributed by atoms with Crippen molar-refractivity contribution in [1.82, 2.24) is 15.3 Å². The summed E-state index contributed by atoms with van der Waals surface area (Å²) in [5.41, 5.74) is 1.12. The van der Waals surface area contributed by atoms with Gasteiger partial charge < -0.3 is 15.4 Å². The Balaban J connectivity index is 2.10. The van der Waals surface area contributed by atoms with E-state index in [1.54, 1.807) is 18.2 Å². The first-order valence-corrected chi connectivity index (χ1v) is 6.91. The minimum absolute atomic E-state index is 0.157. The summed E-state index contributed by atoms with van der Waals surface area (Å²) in [7, 11) is 0. The van der Waals surface area contributed by atoms with Gasteiger partial charge in [0, 0.05) is 21.9 Å². The van der Waals surface area contributed by atoms with Gasteiger partial charge in [-0.3, -0.25) is 4.79 Å². The number of nitrogens with one attached hydrogen (secondary N) is 2. The summed E-state index contributed by atoms with van der Waals surface area (Å²) < 4.78 is 0.772. The molecule has 7 heteroatoms. The number of aliphatic carboxylic acids is 1. The fourth-order valence-electron chi connectivity index (χ4n) is 1.70. The molecular weight excluding hydrogens is 373 g/mol. The highest BCUT2D eigenvalue weighted by atomic mass is 127. The molecule has 0 radical (unpaired) electrons. The number of hydrogen-bond acceptors (Lipinski definition) is 3. The molecule has 2 aromatic rings. The second-order valence-electron chi connectivity index (χ2n) is 4.13. The van der Waals surface area contributed by atoms with Crippen molar-refractivity contribution < 1.29 is 14.7 Å². The molecule has 1 heterocycles. The van der Waals surface area contributed by atoms with Gasteiger partial charge in [-0.1, -0.05) is 12.1 Å². The molecule has 0 aliphatic heterocycles. The van der Waals surface area contributed by atoms with Crippen LogP contribution in [0.25, 0.3) is 0 Å². The van der Waals surface area contributed by atoms with E-state index in [2.05, 4.69) is 15.3 Å². The van der Waals surface area contributed by atoms with Gasteiger partial charge in [-0.25, -0.2) is 9.78 Å². The third-order valence-corrected chi connectivity index (χ3v) is 3.64. The minimum Gasteiger partial charge on any atom is -0.480 e. The Kier molecular flexibility index (Phi) is 4.72. The monoisotopic (exact) mass is 385 g/mol. The number of H-pyrrole nitrogens is 1. The summed E-state index contributed by atoms with van der Waals surface area (Å²) in [6.45, 7) is 0. The molecule has 0 aliphatic carbocycles. The fraction of sp³-hybridized carbons (Fsp3) is 0.154. The number of aromatic nitrogens is 2. The topological polar surface area (TPSA) is 95.1 Å². The van der Waals surface area contributed by atoms with Gasteiger partial charge in [0.1, 0.15) is 6.04 Å². The standard InChI is InChI=1S/C13H12IN3O3/c14-10-4-2-1-3-9(10)12(18)17-11(13(19)20)5-8-6-15-7-16-8/h1-4,6-7,11H,5H2,(H,15,16)(H,17,18)(H,19,20)/t11-/m1/s1. The number of carboxylic acids is 1. The Hall–Kier alpha value is -1.90. The highest BCUT2D eigenvalue weighted by molar-refractivity contribution is 14.1. The van der Waals surface area contributed by atoms with Gasteiger partial charge >= 0.3 is 5.97 Å². The van der Waals surface area contributed by atoms with E-state index in [1.165, 1.54) is 12.5 Å². The molecule has 0 saturated heterocycles. The molecule has 0 spiro atoms. The lowest BCUT2D eigenvalue weighted by Gasteiger charge is -2.14. The highest BCUT2D eigenvalue weighted by Crippen LogP contribution is 2.11. The van der Waals surface area contributed by atoms with Crippen molar-refractivity contribution in [3.63, 3.8) is 0 Å². The number of aromatic amines is 1. The molecule has 2 rings (SSSR count). The van der Waals surface area contributed by atoms with Crippen LogP contribution in [0.1, 0.15) is 16.1 Å². The van der Waals surface area contributed by atoms with Crippen molar-refractivity contribution in [3.05, 3.63) is 51.6 Å². The highest BCUT2D eigenvalue weighted by Gasteiger charge is 2.22. The average molecular weight is 385 g/mol. The maximum Gasteiger partial charge on any atom is 0.326 e. The van der Waals surface area contributed by atoms with Crippen LogP contribution < -0.4 is 5.32 Å². The molecule has 1 aromatic carbocycles. The number of carboxylic acid groups (broad SMARTS) is 1. The summed E-state index contributed by atoms with van der Waals surface area (Å²) >= 11 is 2.04. The van der Waals surface area contributed by atoms with Gasteiger partial charge in [-0.05, 0) is 34.7 Å². The maximum absolute atomic E-state index is 12.1. The van der Waals surface area contributed by atoms with E-state index in [-0.39, 0.29) is 6.42 Å². The number of hydrogen-bond donors (Lipinski definition) is 3. The largest absolute Gasteiger partial charge is 0.480 e. The lowest BCUT2D eigenvalue weighted by molar-refractivity contribution is -0.139. The summed E-state index contributed by atoms with van der Waals surface area (Å²) in [4.78, 5) is 30.0. The molecule has 20 heavy (non-hydrogen) atoms. The number of amides is 1. The van der Waals surface area contributed by atoms with Crippen molar-refractivity contribution in [2.24, 2.45) is 0 Å². The van der Waals surface area contributed by atoms with Crippen LogP contribution in [0.2, 0.25) is 0 Å². The molecule has 1 amide bonds. The van der Waals surface area contributed by atoms with E-state index >= 15 is 0 Å². The molecule has 1 atom stereocenters. The zero-order chi connectivity index (χ0) is 14.5. The average Bonchev–Trinajstić information content (AvgIpc) is 2.91. The summed E-state index contributed by atoms with van der Waals surface area (Å²) in [6, 6.07) is 6.00. The van der Waals surface area contributed by atoms with Crippen LogP contribution in [0.15, 0.2) is 36.8 Å². The van der Waals surface area contributed by atoms with Crippen LogP contribution in [0, 0.1) is 3.57 Å². The molecule has 6 nitrogen and oxygen atoms in total. The first-order valence-electron chi connectivity index (χ1n) is 5.83. The molecule has 0 aliphatic rings. The summed E-state index contributed by atoms with van der Waals surface area (Å²) in [5.74, 6) is -1.49. The first-order chi connectivity index (χ1) is 9.58. The Bertz CT molecular complexity index is 613. The van der Waals surface area contributed by atoms with E-state index in [4.69, 9.17) is 0 Å². The van der Waals surface area contributed by atoms with Crippen LogP contribution in [-0.2, 0) is 11.2 Å². The zero-order valence-electron chi connectivity index (χ0n) is 10.3. The molecular formula is C13H12IN3O3. The van der Waals surface area contributed by atoms with E-state index in [9.17, 15) is 14.7 Å². The number of halogens is 1. The lowest BCUT2D eigenvalue weighted by atomic mass is 10.1. The van der Waals surface area contributed by atoms with Gasteiger partial charge in [-0.15, -0.1) is 0 Å². The molecule has 0 fully saturated rings. The van der Waals surface area contributed by atoms with Crippen LogP contribution in [-0.4, -0.2) is 33.0 Å². The normalized spacial score (nSPS) is 11.8. The number of carbonyl (C=O) groups excluding carboxylic acids is 1. The molecule has 0 bridgehead atoms. The van der Waals surface area contributed by atoms with E-state index in [0.29, 0.717) is 11.3 Å². The van der Waals surface area contributed by atoms with Crippen molar-refractivity contribution in [2.45, 2.75) is 12.5 Å². The van der Waals surface area contributed by atoms with Crippen LogP contribution in [0.5, 0.6) is 0 Å². The Morgan fingerprint density at radius 2 is 2.15 bits per heavy atom. The summed E-state index contributed by atoms with van der Waals surface area (Å²) in [6.07, 6.45) is 3.16. The smallest absolute Gasteiger partial charge is 0.326 e. The quantitative estimate of drug-likeness (QED) is 0.679. The summed E-state index contributed by atoms with van der Waals surface area (Å²) in [5, 5.41) is 11.7. The Labute approximate surface area is 128 Å². The van der Waals surface area contributed by atoms with Crippen molar-refractivity contribution in [3.8, 4) is 0 Å². The van der Waals surface area contributed by atoms with Crippen LogP contribution in [0.4, 0.5) is 0 Å². The van der Waals surface area contributed by atoms with Crippen molar-refractivity contribution >= 4 is 34.5 Å². The van der Waals surface area contributed by atoms with Crippen LogP contribution >= 0.6 is 22.6 Å². The predicted octanol–water partition coefficient (Wildman–Crippen LogP) is 1.44. The predicted molar refractivity (Wildman–Crippen MR) is 80.3 cm³/mol. The number of benzene rings is 1. The molecule has 0 saturated carbocycles. The fourth-order valence-corrected chi connectivity index (χ4v) is 2.33. The van der Waals surface area contributed by atoms with E-state index in [1.807, 2.05) is 28.7 Å². The van der Waals surface area contributed by atoms with Gasteiger partial charge in [0.2, 0.25) is 0 Å². The third-order valence-electron chi connectivity index (χ3n) is 2.70. The first kappa shape index (κ1) is 14.5. The van der Waals surface area contributed by atoms with Crippen molar-refractivity contribution in [1.29, 1.82) is 0 Å².